The fourth-order valence-corrected chi connectivity index (χ4v) is 4.69. The monoisotopic (exact) mass is 364 g/mol. The minimum Gasteiger partial charge on any atom is -0.204 e. The Hall–Kier alpha value is -1.25. The van der Waals surface area contributed by atoms with E-state index < -0.39 is 17.5 Å². The molecule has 1 aromatic rings. The minimum atomic E-state index is -1.36. The Kier molecular flexibility index (Phi) is 6.83. The second-order valence-electron chi connectivity index (χ2n) is 8.54. The Bertz CT molecular complexity index is 583. The van der Waals surface area contributed by atoms with E-state index in [1.54, 1.807) is 0 Å². The first-order chi connectivity index (χ1) is 12.5. The van der Waals surface area contributed by atoms with Crippen LogP contribution < -0.4 is 0 Å². The van der Waals surface area contributed by atoms with Gasteiger partial charge in [-0.15, -0.1) is 0 Å². The average molecular weight is 364 g/mol. The first-order valence-electron chi connectivity index (χ1n) is 10.3. The zero-order valence-electron chi connectivity index (χ0n) is 15.8. The van der Waals surface area contributed by atoms with Gasteiger partial charge in [0.2, 0.25) is 0 Å². The van der Waals surface area contributed by atoms with Gasteiger partial charge in [-0.3, -0.25) is 0 Å². The summed E-state index contributed by atoms with van der Waals surface area (Å²) in [6.07, 6.45) is 16.7. The molecule has 144 valence electrons. The van der Waals surface area contributed by atoms with Gasteiger partial charge in [0.05, 0.1) is 0 Å². The van der Waals surface area contributed by atoms with Crippen molar-refractivity contribution in [3.8, 4) is 0 Å². The normalized spacial score (nSPS) is 30.0. The summed E-state index contributed by atoms with van der Waals surface area (Å²) >= 11 is 0. The summed E-state index contributed by atoms with van der Waals surface area (Å²) in [4.78, 5) is 0. The molecule has 0 bridgehead atoms. The molecule has 2 aliphatic rings. The molecule has 2 aliphatic carbocycles. The molecule has 2 fully saturated rings. The van der Waals surface area contributed by atoms with Gasteiger partial charge in [-0.2, -0.15) is 0 Å². The molecule has 0 unspecified atom stereocenters. The Morgan fingerprint density at radius 2 is 1.50 bits per heavy atom. The van der Waals surface area contributed by atoms with Crippen molar-refractivity contribution in [1.82, 2.24) is 0 Å². The minimum absolute atomic E-state index is 0.147. The molecule has 0 radical (unpaired) electrons. The van der Waals surface area contributed by atoms with Crippen molar-refractivity contribution >= 4 is 0 Å². The van der Waals surface area contributed by atoms with Gasteiger partial charge in [0.1, 0.15) is 0 Å². The summed E-state index contributed by atoms with van der Waals surface area (Å²) in [5, 5.41) is 0. The molecule has 3 rings (SSSR count). The Morgan fingerprint density at radius 3 is 2.12 bits per heavy atom. The number of rotatable bonds is 5. The van der Waals surface area contributed by atoms with E-state index in [2.05, 4.69) is 19.1 Å². The van der Waals surface area contributed by atoms with E-state index in [9.17, 15) is 13.2 Å². The maximum absolute atomic E-state index is 13.4. The molecule has 2 saturated carbocycles. The third-order valence-electron chi connectivity index (χ3n) is 6.53. The molecule has 0 nitrogen and oxygen atoms in total. The SMILES string of the molecule is CC1CCC(CC/C=C/C2CCC(c3cc(F)c(F)c(F)c3)CC2)CC1. The van der Waals surface area contributed by atoms with E-state index in [4.69, 9.17) is 0 Å². The standard InChI is InChI=1S/C23H31F3/c1-16-6-8-17(9-7-16)4-2-3-5-18-10-12-19(13-11-18)20-14-21(24)23(26)22(25)15-20/h3,5,14-19H,2,4,6-13H2,1H3/b5-3+. The van der Waals surface area contributed by atoms with E-state index in [1.807, 2.05) is 0 Å². The molecule has 0 aromatic heterocycles. The molecule has 0 aliphatic heterocycles. The molecule has 1 aromatic carbocycles. The third kappa shape index (κ3) is 5.14. The number of allylic oxidation sites excluding steroid dienone is 2. The van der Waals surface area contributed by atoms with Crippen LogP contribution in [0.3, 0.4) is 0 Å². The van der Waals surface area contributed by atoms with Crippen molar-refractivity contribution in [3.05, 3.63) is 47.3 Å². The predicted octanol–water partition coefficient (Wildman–Crippen LogP) is 7.54. The van der Waals surface area contributed by atoms with Gasteiger partial charge in [-0.25, -0.2) is 13.2 Å². The molecule has 0 saturated heterocycles. The highest BCUT2D eigenvalue weighted by Gasteiger charge is 2.23. The summed E-state index contributed by atoms with van der Waals surface area (Å²) in [6, 6.07) is 2.34. The van der Waals surface area contributed by atoms with Crippen LogP contribution in [0, 0.1) is 35.2 Å². The zero-order chi connectivity index (χ0) is 18.5. The van der Waals surface area contributed by atoms with Gasteiger partial charge in [-0.05, 0) is 79.9 Å². The van der Waals surface area contributed by atoms with E-state index >= 15 is 0 Å². The summed E-state index contributed by atoms with van der Waals surface area (Å²) in [5.74, 6) is -0.952. The van der Waals surface area contributed by atoms with Crippen molar-refractivity contribution in [3.63, 3.8) is 0 Å². The highest BCUT2D eigenvalue weighted by atomic mass is 19.2. The topological polar surface area (TPSA) is 0 Å². The first-order valence-corrected chi connectivity index (χ1v) is 10.3. The van der Waals surface area contributed by atoms with Gasteiger partial charge in [-0.1, -0.05) is 44.8 Å². The van der Waals surface area contributed by atoms with Crippen molar-refractivity contribution in [1.29, 1.82) is 0 Å². The molecular formula is C23H31F3. The second kappa shape index (κ2) is 9.10. The van der Waals surface area contributed by atoms with Crippen LogP contribution >= 0.6 is 0 Å². The summed E-state index contributed by atoms with van der Waals surface area (Å²) in [6.45, 7) is 2.36. The van der Waals surface area contributed by atoms with Crippen LogP contribution in [0.1, 0.15) is 82.6 Å². The van der Waals surface area contributed by atoms with Gasteiger partial charge in [0.25, 0.3) is 0 Å². The third-order valence-corrected chi connectivity index (χ3v) is 6.53. The van der Waals surface area contributed by atoms with Gasteiger partial charge in [0, 0.05) is 0 Å². The first kappa shape index (κ1) is 19.5. The summed E-state index contributed by atoms with van der Waals surface area (Å²) < 4.78 is 40.0. The van der Waals surface area contributed by atoms with Crippen LogP contribution in [0.25, 0.3) is 0 Å². The fourth-order valence-electron chi connectivity index (χ4n) is 4.69. The maximum Gasteiger partial charge on any atom is 0.194 e. The lowest BCUT2D eigenvalue weighted by atomic mass is 9.78. The Labute approximate surface area is 155 Å². The van der Waals surface area contributed by atoms with Crippen LogP contribution in [0.4, 0.5) is 13.2 Å². The Morgan fingerprint density at radius 1 is 0.885 bits per heavy atom. The lowest BCUT2D eigenvalue weighted by molar-refractivity contribution is 0.278. The largest absolute Gasteiger partial charge is 0.204 e. The number of halogens is 3. The molecule has 0 spiro atoms. The van der Waals surface area contributed by atoms with Gasteiger partial charge < -0.3 is 0 Å². The van der Waals surface area contributed by atoms with E-state index in [0.717, 1.165) is 37.5 Å². The van der Waals surface area contributed by atoms with Crippen LogP contribution in [-0.4, -0.2) is 0 Å². The van der Waals surface area contributed by atoms with Crippen molar-refractivity contribution in [2.75, 3.05) is 0 Å². The molecule has 0 atom stereocenters. The van der Waals surface area contributed by atoms with Crippen LogP contribution in [-0.2, 0) is 0 Å². The second-order valence-corrected chi connectivity index (χ2v) is 8.54. The Balaban J connectivity index is 1.41. The van der Waals surface area contributed by atoms with Crippen molar-refractivity contribution in [2.45, 2.75) is 77.0 Å². The van der Waals surface area contributed by atoms with Crippen LogP contribution in [0.2, 0.25) is 0 Å². The summed E-state index contributed by atoms with van der Waals surface area (Å²) in [7, 11) is 0. The van der Waals surface area contributed by atoms with E-state index in [-0.39, 0.29) is 5.92 Å². The van der Waals surface area contributed by atoms with Crippen molar-refractivity contribution in [2.24, 2.45) is 17.8 Å². The number of benzene rings is 1. The highest BCUT2D eigenvalue weighted by Crippen LogP contribution is 2.37. The van der Waals surface area contributed by atoms with Crippen LogP contribution in [0.15, 0.2) is 24.3 Å². The van der Waals surface area contributed by atoms with Gasteiger partial charge in [0.15, 0.2) is 17.5 Å². The average Bonchev–Trinajstić information content (AvgIpc) is 2.65. The molecular weight excluding hydrogens is 333 g/mol. The number of hydrogen-bond donors (Lipinski definition) is 0. The summed E-state index contributed by atoms with van der Waals surface area (Å²) in [5.41, 5.74) is 0.607. The molecule has 3 heteroatoms. The molecule has 0 N–H and O–H groups in total. The van der Waals surface area contributed by atoms with Crippen molar-refractivity contribution < 1.29 is 13.2 Å². The smallest absolute Gasteiger partial charge is 0.194 e. The predicted molar refractivity (Wildman–Crippen MR) is 101 cm³/mol. The molecule has 0 amide bonds. The van der Waals surface area contributed by atoms with Crippen LogP contribution in [0.5, 0.6) is 0 Å². The fraction of sp³-hybridized carbons (Fsp3) is 0.652. The van der Waals surface area contributed by atoms with Gasteiger partial charge >= 0.3 is 0 Å². The number of hydrogen-bond acceptors (Lipinski definition) is 0. The molecule has 0 heterocycles. The lowest BCUT2D eigenvalue weighted by Gasteiger charge is -2.27. The van der Waals surface area contributed by atoms with E-state index in [1.165, 1.54) is 50.7 Å². The zero-order valence-corrected chi connectivity index (χ0v) is 15.8. The van der Waals surface area contributed by atoms with E-state index in [0.29, 0.717) is 11.5 Å². The maximum atomic E-state index is 13.4. The quantitative estimate of drug-likeness (QED) is 0.374. The lowest BCUT2D eigenvalue weighted by Crippen LogP contribution is -2.13. The molecule has 26 heavy (non-hydrogen) atoms. The highest BCUT2D eigenvalue weighted by molar-refractivity contribution is 5.23.